The Hall–Kier alpha value is -1.61. The predicted octanol–water partition coefficient (Wildman–Crippen LogP) is 3.37. The fraction of sp³-hybridized carbons (Fsp3) is 0.524. The summed E-state index contributed by atoms with van der Waals surface area (Å²) < 4.78 is 7.39. The lowest BCUT2D eigenvalue weighted by Crippen LogP contribution is -2.39. The minimum absolute atomic E-state index is 0. The second kappa shape index (κ2) is 12.1. The van der Waals surface area contributed by atoms with Gasteiger partial charge in [-0.25, -0.2) is 0 Å². The summed E-state index contributed by atoms with van der Waals surface area (Å²) in [4.78, 5) is 6.67. The number of halogens is 1. The van der Waals surface area contributed by atoms with E-state index in [9.17, 15) is 0 Å². The Morgan fingerprint density at radius 3 is 2.79 bits per heavy atom. The van der Waals surface area contributed by atoms with E-state index >= 15 is 0 Å². The quantitative estimate of drug-likeness (QED) is 0.362. The number of nitrogens with one attached hydrogen (secondary N) is 1. The van der Waals surface area contributed by atoms with Crippen LogP contribution >= 0.6 is 24.0 Å². The third-order valence-corrected chi connectivity index (χ3v) is 5.13. The number of rotatable bonds is 7. The highest BCUT2D eigenvalue weighted by atomic mass is 127. The standard InChI is InChI=1S/C21H31N5O.HI/c1-22-21(25(2)12-7-18-8-13-27-14-9-18)23-16-19-5-3-6-20(15-19)17-26-11-4-10-24-26;/h3-6,10-11,15,18H,7-9,12-14,16-17H2,1-2H3,(H,22,23);1H. The van der Waals surface area contributed by atoms with Gasteiger partial charge in [0, 0.05) is 52.8 Å². The maximum absolute atomic E-state index is 5.45. The molecule has 1 fully saturated rings. The summed E-state index contributed by atoms with van der Waals surface area (Å²) in [5.41, 5.74) is 2.50. The number of nitrogens with zero attached hydrogens (tertiary/aromatic N) is 4. The van der Waals surface area contributed by atoms with Gasteiger partial charge >= 0.3 is 0 Å². The Morgan fingerprint density at radius 1 is 1.29 bits per heavy atom. The van der Waals surface area contributed by atoms with Crippen molar-refractivity contribution in [2.75, 3.05) is 33.9 Å². The van der Waals surface area contributed by atoms with Crippen molar-refractivity contribution in [2.24, 2.45) is 10.9 Å². The average Bonchev–Trinajstić information content (AvgIpc) is 3.21. The van der Waals surface area contributed by atoms with Crippen LogP contribution in [-0.4, -0.2) is 54.5 Å². The van der Waals surface area contributed by atoms with E-state index in [0.29, 0.717) is 0 Å². The van der Waals surface area contributed by atoms with Gasteiger partial charge in [-0.05, 0) is 42.4 Å². The van der Waals surface area contributed by atoms with Gasteiger partial charge in [0.15, 0.2) is 5.96 Å². The number of hydrogen-bond donors (Lipinski definition) is 1. The summed E-state index contributed by atoms with van der Waals surface area (Å²) in [6.07, 6.45) is 7.36. The van der Waals surface area contributed by atoms with Crippen LogP contribution < -0.4 is 5.32 Å². The van der Waals surface area contributed by atoms with E-state index in [0.717, 1.165) is 44.7 Å². The number of ether oxygens (including phenoxy) is 1. The maximum atomic E-state index is 5.45. The normalized spacial score (nSPS) is 15.1. The van der Waals surface area contributed by atoms with E-state index in [4.69, 9.17) is 4.74 Å². The highest BCUT2D eigenvalue weighted by Crippen LogP contribution is 2.18. The summed E-state index contributed by atoms with van der Waals surface area (Å²) in [6.45, 7) is 4.40. The third-order valence-electron chi connectivity index (χ3n) is 5.13. The second-order valence-electron chi connectivity index (χ2n) is 7.19. The van der Waals surface area contributed by atoms with Crippen LogP contribution in [0.15, 0.2) is 47.7 Å². The monoisotopic (exact) mass is 497 g/mol. The number of benzene rings is 1. The van der Waals surface area contributed by atoms with Crippen molar-refractivity contribution in [3.05, 3.63) is 53.9 Å². The van der Waals surface area contributed by atoms with Crippen LogP contribution in [0.4, 0.5) is 0 Å². The van der Waals surface area contributed by atoms with Crippen LogP contribution in [0.2, 0.25) is 0 Å². The molecule has 28 heavy (non-hydrogen) atoms. The summed E-state index contributed by atoms with van der Waals surface area (Å²) in [5, 5.41) is 7.77. The molecule has 0 unspecified atom stereocenters. The molecule has 1 saturated heterocycles. The molecule has 2 heterocycles. The van der Waals surface area contributed by atoms with Crippen molar-refractivity contribution in [3.8, 4) is 0 Å². The first-order valence-electron chi connectivity index (χ1n) is 9.79. The molecule has 1 aliphatic rings. The Balaban J connectivity index is 0.00000280. The fourth-order valence-corrected chi connectivity index (χ4v) is 3.50. The van der Waals surface area contributed by atoms with Gasteiger partial charge < -0.3 is 15.0 Å². The average molecular weight is 497 g/mol. The minimum atomic E-state index is 0. The van der Waals surface area contributed by atoms with Gasteiger partial charge in [-0.15, -0.1) is 24.0 Å². The molecule has 6 nitrogen and oxygen atoms in total. The van der Waals surface area contributed by atoms with Crippen molar-refractivity contribution >= 4 is 29.9 Å². The van der Waals surface area contributed by atoms with Gasteiger partial charge in [-0.3, -0.25) is 9.67 Å². The molecule has 1 aromatic heterocycles. The van der Waals surface area contributed by atoms with Crippen molar-refractivity contribution in [3.63, 3.8) is 0 Å². The maximum Gasteiger partial charge on any atom is 0.193 e. The molecular weight excluding hydrogens is 465 g/mol. The number of aromatic nitrogens is 2. The van der Waals surface area contributed by atoms with Gasteiger partial charge in [-0.1, -0.05) is 24.3 Å². The topological polar surface area (TPSA) is 54.7 Å². The molecule has 3 rings (SSSR count). The van der Waals surface area contributed by atoms with Crippen LogP contribution in [-0.2, 0) is 17.8 Å². The van der Waals surface area contributed by atoms with Gasteiger partial charge in [0.05, 0.1) is 6.54 Å². The minimum Gasteiger partial charge on any atom is -0.381 e. The van der Waals surface area contributed by atoms with Crippen molar-refractivity contribution in [1.82, 2.24) is 20.0 Å². The smallest absolute Gasteiger partial charge is 0.193 e. The molecule has 0 radical (unpaired) electrons. The number of guanidine groups is 1. The summed E-state index contributed by atoms with van der Waals surface area (Å²) in [5.74, 6) is 1.72. The summed E-state index contributed by atoms with van der Waals surface area (Å²) in [7, 11) is 3.96. The van der Waals surface area contributed by atoms with Crippen LogP contribution in [0.3, 0.4) is 0 Å². The molecule has 1 aromatic carbocycles. The van der Waals surface area contributed by atoms with E-state index in [-0.39, 0.29) is 24.0 Å². The highest BCUT2D eigenvalue weighted by molar-refractivity contribution is 14.0. The van der Waals surface area contributed by atoms with Crippen LogP contribution in [0.25, 0.3) is 0 Å². The van der Waals surface area contributed by atoms with Gasteiger partial charge in [0.1, 0.15) is 0 Å². The fourth-order valence-electron chi connectivity index (χ4n) is 3.50. The zero-order chi connectivity index (χ0) is 18.9. The molecular formula is C21H32IN5O. The number of hydrogen-bond acceptors (Lipinski definition) is 3. The van der Waals surface area contributed by atoms with E-state index in [1.54, 1.807) is 0 Å². The lowest BCUT2D eigenvalue weighted by atomic mass is 9.96. The van der Waals surface area contributed by atoms with Crippen molar-refractivity contribution in [1.29, 1.82) is 0 Å². The van der Waals surface area contributed by atoms with Gasteiger partial charge in [0.2, 0.25) is 0 Å². The van der Waals surface area contributed by atoms with Crippen LogP contribution in [0.5, 0.6) is 0 Å². The number of aliphatic imine (C=N–C) groups is 1. The molecule has 0 spiro atoms. The Morgan fingerprint density at radius 2 is 2.07 bits per heavy atom. The first-order valence-corrected chi connectivity index (χ1v) is 9.79. The first kappa shape index (κ1) is 22.7. The summed E-state index contributed by atoms with van der Waals surface area (Å²) in [6, 6.07) is 10.6. The van der Waals surface area contributed by atoms with Crippen molar-refractivity contribution in [2.45, 2.75) is 32.4 Å². The zero-order valence-corrected chi connectivity index (χ0v) is 19.2. The highest BCUT2D eigenvalue weighted by Gasteiger charge is 2.15. The molecule has 1 aliphatic heterocycles. The first-order chi connectivity index (χ1) is 13.2. The lowest BCUT2D eigenvalue weighted by molar-refractivity contribution is 0.0625. The molecule has 2 aromatic rings. The molecule has 0 bridgehead atoms. The predicted molar refractivity (Wildman–Crippen MR) is 124 cm³/mol. The Kier molecular flexibility index (Phi) is 9.77. The molecule has 154 valence electrons. The zero-order valence-electron chi connectivity index (χ0n) is 16.9. The van der Waals surface area contributed by atoms with E-state index in [1.807, 2.05) is 30.2 Å². The van der Waals surface area contributed by atoms with E-state index in [2.05, 4.69) is 51.6 Å². The lowest BCUT2D eigenvalue weighted by Gasteiger charge is -2.27. The molecule has 0 atom stereocenters. The SMILES string of the molecule is CN=C(NCc1cccc(Cn2cccn2)c1)N(C)CCC1CCOCC1.I. The summed E-state index contributed by atoms with van der Waals surface area (Å²) >= 11 is 0. The second-order valence-corrected chi connectivity index (χ2v) is 7.19. The van der Waals surface area contributed by atoms with Gasteiger partial charge in [-0.2, -0.15) is 5.10 Å². The largest absolute Gasteiger partial charge is 0.381 e. The Bertz CT molecular complexity index is 713. The molecule has 0 amide bonds. The third kappa shape index (κ3) is 7.09. The van der Waals surface area contributed by atoms with Crippen LogP contribution in [0.1, 0.15) is 30.4 Å². The van der Waals surface area contributed by atoms with Crippen molar-refractivity contribution < 1.29 is 4.74 Å². The van der Waals surface area contributed by atoms with E-state index in [1.165, 1.54) is 30.4 Å². The molecule has 1 N–H and O–H groups in total. The van der Waals surface area contributed by atoms with Crippen LogP contribution in [0, 0.1) is 5.92 Å². The van der Waals surface area contributed by atoms with E-state index < -0.39 is 0 Å². The van der Waals surface area contributed by atoms with Gasteiger partial charge in [0.25, 0.3) is 0 Å². The molecule has 7 heteroatoms. The Labute approximate surface area is 185 Å². The molecule has 0 aliphatic carbocycles. The molecule has 0 saturated carbocycles.